The molecule has 16 heavy (non-hydrogen) atoms. The molecule has 1 aromatic heterocycles. The van der Waals surface area contributed by atoms with Gasteiger partial charge in [-0.1, -0.05) is 30.3 Å². The van der Waals surface area contributed by atoms with Gasteiger partial charge in [0, 0.05) is 11.0 Å². The summed E-state index contributed by atoms with van der Waals surface area (Å²) in [5.74, 6) is 0. The van der Waals surface area contributed by atoms with Crippen LogP contribution < -0.4 is 0 Å². The lowest BCUT2D eigenvalue weighted by molar-refractivity contribution is 0.255. The summed E-state index contributed by atoms with van der Waals surface area (Å²) in [7, 11) is 0. The van der Waals surface area contributed by atoms with Crippen LogP contribution in [0.25, 0.3) is 11.3 Å². The van der Waals surface area contributed by atoms with Crippen molar-refractivity contribution in [3.8, 4) is 11.3 Å². The third-order valence-electron chi connectivity index (χ3n) is 3.43. The molecule has 0 aliphatic heterocycles. The highest BCUT2D eigenvalue weighted by molar-refractivity contribution is 5.65. The summed E-state index contributed by atoms with van der Waals surface area (Å²) < 4.78 is 0. The second-order valence-electron chi connectivity index (χ2n) is 4.46. The molecule has 0 unspecified atom stereocenters. The number of aromatic amines is 1. The molecular weight excluding hydrogens is 200 g/mol. The first-order valence-corrected chi connectivity index (χ1v) is 5.56. The van der Waals surface area contributed by atoms with Gasteiger partial charge in [-0.2, -0.15) is 5.10 Å². The molecule has 0 saturated heterocycles. The molecule has 0 amide bonds. The van der Waals surface area contributed by atoms with E-state index in [0.29, 0.717) is 0 Å². The standard InChI is InChI=1S/C13H14N2O/c16-9-13(6-7-13)11-8-14-15-12(11)10-4-2-1-3-5-10/h1-5,8,16H,6-7,9H2,(H,14,15). The Labute approximate surface area is 94.1 Å². The zero-order chi connectivity index (χ0) is 11.0. The van der Waals surface area contributed by atoms with Crippen molar-refractivity contribution in [1.82, 2.24) is 10.2 Å². The van der Waals surface area contributed by atoms with E-state index in [-0.39, 0.29) is 12.0 Å². The molecule has 1 heterocycles. The number of nitrogens with one attached hydrogen (secondary N) is 1. The third kappa shape index (κ3) is 1.36. The first-order valence-electron chi connectivity index (χ1n) is 5.56. The monoisotopic (exact) mass is 214 g/mol. The maximum absolute atomic E-state index is 9.46. The van der Waals surface area contributed by atoms with Crippen molar-refractivity contribution >= 4 is 0 Å². The van der Waals surface area contributed by atoms with E-state index in [0.717, 1.165) is 29.7 Å². The number of hydrogen-bond acceptors (Lipinski definition) is 2. The molecular formula is C13H14N2O. The molecule has 2 aromatic rings. The average molecular weight is 214 g/mol. The number of aliphatic hydroxyl groups excluding tert-OH is 1. The van der Waals surface area contributed by atoms with E-state index in [1.807, 2.05) is 24.4 Å². The normalized spacial score (nSPS) is 17.3. The number of benzene rings is 1. The Kier molecular flexibility index (Phi) is 2.07. The lowest BCUT2D eigenvalue weighted by Gasteiger charge is -2.11. The number of rotatable bonds is 3. The SMILES string of the molecule is OCC1(c2cn[nH]c2-c2ccccc2)CC1. The van der Waals surface area contributed by atoms with Crippen LogP contribution in [-0.4, -0.2) is 21.9 Å². The van der Waals surface area contributed by atoms with Gasteiger partial charge in [0.15, 0.2) is 0 Å². The van der Waals surface area contributed by atoms with Gasteiger partial charge in [-0.25, -0.2) is 0 Å². The second-order valence-corrected chi connectivity index (χ2v) is 4.46. The van der Waals surface area contributed by atoms with Crippen LogP contribution in [0.4, 0.5) is 0 Å². The van der Waals surface area contributed by atoms with Crippen LogP contribution in [0.5, 0.6) is 0 Å². The molecule has 0 spiro atoms. The molecule has 1 aliphatic rings. The Morgan fingerprint density at radius 3 is 2.62 bits per heavy atom. The first-order chi connectivity index (χ1) is 7.86. The lowest BCUT2D eigenvalue weighted by Crippen LogP contribution is -2.12. The molecule has 82 valence electrons. The maximum atomic E-state index is 9.46. The van der Waals surface area contributed by atoms with Gasteiger partial charge < -0.3 is 5.11 Å². The van der Waals surface area contributed by atoms with Crippen LogP contribution in [-0.2, 0) is 5.41 Å². The van der Waals surface area contributed by atoms with E-state index in [1.54, 1.807) is 0 Å². The summed E-state index contributed by atoms with van der Waals surface area (Å²) in [5, 5.41) is 16.6. The molecule has 3 nitrogen and oxygen atoms in total. The van der Waals surface area contributed by atoms with Gasteiger partial charge in [-0.15, -0.1) is 0 Å². The number of aliphatic hydroxyl groups is 1. The summed E-state index contributed by atoms with van der Waals surface area (Å²) in [5.41, 5.74) is 3.31. The van der Waals surface area contributed by atoms with Crippen molar-refractivity contribution < 1.29 is 5.11 Å². The largest absolute Gasteiger partial charge is 0.395 e. The lowest BCUT2D eigenvalue weighted by atomic mass is 9.94. The van der Waals surface area contributed by atoms with E-state index in [9.17, 15) is 5.11 Å². The molecule has 1 aromatic carbocycles. The summed E-state index contributed by atoms with van der Waals surface area (Å²) in [6.45, 7) is 0.215. The van der Waals surface area contributed by atoms with Crippen LogP contribution in [0, 0.1) is 0 Å². The highest BCUT2D eigenvalue weighted by atomic mass is 16.3. The van der Waals surface area contributed by atoms with E-state index in [2.05, 4.69) is 22.3 Å². The number of aromatic nitrogens is 2. The van der Waals surface area contributed by atoms with E-state index >= 15 is 0 Å². The minimum Gasteiger partial charge on any atom is -0.395 e. The molecule has 1 fully saturated rings. The molecule has 0 radical (unpaired) electrons. The summed E-state index contributed by atoms with van der Waals surface area (Å²) in [4.78, 5) is 0. The van der Waals surface area contributed by atoms with Crippen molar-refractivity contribution in [1.29, 1.82) is 0 Å². The number of H-pyrrole nitrogens is 1. The van der Waals surface area contributed by atoms with E-state index < -0.39 is 0 Å². The van der Waals surface area contributed by atoms with Crippen molar-refractivity contribution in [3.05, 3.63) is 42.1 Å². The zero-order valence-corrected chi connectivity index (χ0v) is 8.98. The van der Waals surface area contributed by atoms with Crippen molar-refractivity contribution in [3.63, 3.8) is 0 Å². The van der Waals surface area contributed by atoms with Crippen molar-refractivity contribution in [2.24, 2.45) is 0 Å². The first kappa shape index (κ1) is 9.60. The van der Waals surface area contributed by atoms with Gasteiger partial charge in [0.2, 0.25) is 0 Å². The molecule has 0 atom stereocenters. The maximum Gasteiger partial charge on any atom is 0.0688 e. The zero-order valence-electron chi connectivity index (χ0n) is 8.98. The Hall–Kier alpha value is -1.61. The third-order valence-corrected chi connectivity index (χ3v) is 3.43. The Morgan fingerprint density at radius 2 is 2.00 bits per heavy atom. The Balaban J connectivity index is 2.07. The second kappa shape index (κ2) is 3.46. The molecule has 0 bridgehead atoms. The number of nitrogens with zero attached hydrogens (tertiary/aromatic N) is 1. The van der Waals surface area contributed by atoms with Gasteiger partial charge in [0.05, 0.1) is 18.5 Å². The minimum atomic E-state index is -0.0296. The van der Waals surface area contributed by atoms with E-state index in [4.69, 9.17) is 0 Å². The predicted molar refractivity (Wildman–Crippen MR) is 62.0 cm³/mol. The Morgan fingerprint density at radius 1 is 1.25 bits per heavy atom. The fraction of sp³-hybridized carbons (Fsp3) is 0.308. The fourth-order valence-electron chi connectivity index (χ4n) is 2.18. The highest BCUT2D eigenvalue weighted by Gasteiger charge is 2.46. The van der Waals surface area contributed by atoms with Gasteiger partial charge in [0.1, 0.15) is 0 Å². The molecule has 1 saturated carbocycles. The molecule has 2 N–H and O–H groups in total. The molecule has 3 rings (SSSR count). The summed E-state index contributed by atoms with van der Waals surface area (Å²) >= 11 is 0. The minimum absolute atomic E-state index is 0.0296. The van der Waals surface area contributed by atoms with Crippen LogP contribution >= 0.6 is 0 Å². The topological polar surface area (TPSA) is 48.9 Å². The van der Waals surface area contributed by atoms with E-state index in [1.165, 1.54) is 0 Å². The van der Waals surface area contributed by atoms with Crippen LogP contribution in [0.15, 0.2) is 36.5 Å². The van der Waals surface area contributed by atoms with Crippen LogP contribution in [0.3, 0.4) is 0 Å². The van der Waals surface area contributed by atoms with Crippen molar-refractivity contribution in [2.75, 3.05) is 6.61 Å². The quantitative estimate of drug-likeness (QED) is 0.822. The summed E-state index contributed by atoms with van der Waals surface area (Å²) in [6.07, 6.45) is 3.97. The molecule has 1 aliphatic carbocycles. The van der Waals surface area contributed by atoms with Crippen LogP contribution in [0.2, 0.25) is 0 Å². The van der Waals surface area contributed by atoms with Crippen molar-refractivity contribution in [2.45, 2.75) is 18.3 Å². The fourth-order valence-corrected chi connectivity index (χ4v) is 2.18. The van der Waals surface area contributed by atoms with Gasteiger partial charge >= 0.3 is 0 Å². The number of hydrogen-bond donors (Lipinski definition) is 2. The smallest absolute Gasteiger partial charge is 0.0688 e. The molecule has 3 heteroatoms. The predicted octanol–water partition coefficient (Wildman–Crippen LogP) is 2.10. The van der Waals surface area contributed by atoms with Crippen LogP contribution in [0.1, 0.15) is 18.4 Å². The van der Waals surface area contributed by atoms with Gasteiger partial charge in [-0.05, 0) is 18.4 Å². The van der Waals surface area contributed by atoms with Gasteiger partial charge in [0.25, 0.3) is 0 Å². The summed E-state index contributed by atoms with van der Waals surface area (Å²) in [6, 6.07) is 10.1. The highest BCUT2D eigenvalue weighted by Crippen LogP contribution is 2.50. The average Bonchev–Trinajstić information content (AvgIpc) is 2.99. The van der Waals surface area contributed by atoms with Gasteiger partial charge in [-0.3, -0.25) is 5.10 Å². The Bertz CT molecular complexity index is 486.